The minimum Gasteiger partial charge on any atom is -0.493 e. The molecule has 0 fully saturated rings. The zero-order chi connectivity index (χ0) is 14.6. The maximum absolute atomic E-state index is 12.0. The fraction of sp³-hybridized carbons (Fsp3) is 0.714. The average molecular weight is 268 g/mol. The summed E-state index contributed by atoms with van der Waals surface area (Å²) in [5.41, 5.74) is -0.154. The molecule has 0 aliphatic carbocycles. The van der Waals surface area contributed by atoms with Gasteiger partial charge in [0.15, 0.2) is 0 Å². The number of hydrogen-bond acceptors (Lipinski definition) is 4. The number of hydrogen-bond donors (Lipinski definition) is 2. The molecule has 0 saturated heterocycles. The van der Waals surface area contributed by atoms with Crippen molar-refractivity contribution in [1.29, 1.82) is 0 Å². The van der Waals surface area contributed by atoms with Gasteiger partial charge in [-0.25, -0.2) is 0 Å². The van der Waals surface area contributed by atoms with E-state index in [4.69, 9.17) is 4.74 Å². The number of nitrogens with zero attached hydrogens (tertiary/aromatic N) is 1. The summed E-state index contributed by atoms with van der Waals surface area (Å²) < 4.78 is 5.66. The number of aromatic amines is 1. The van der Waals surface area contributed by atoms with Crippen molar-refractivity contribution in [1.82, 2.24) is 9.97 Å². The third-order valence-electron chi connectivity index (χ3n) is 2.88. The molecule has 108 valence electrons. The number of ether oxygens (including phenoxy) is 1. The topological polar surface area (TPSA) is 75.2 Å². The first-order chi connectivity index (χ1) is 8.81. The van der Waals surface area contributed by atoms with Gasteiger partial charge in [-0.3, -0.25) is 4.79 Å². The molecule has 0 aliphatic heterocycles. The molecule has 1 rings (SSSR count). The molecular formula is C14H24N2O3. The third kappa shape index (κ3) is 3.80. The molecule has 0 aromatic carbocycles. The van der Waals surface area contributed by atoms with Gasteiger partial charge in [0.25, 0.3) is 5.56 Å². The van der Waals surface area contributed by atoms with Crippen molar-refractivity contribution >= 4 is 0 Å². The van der Waals surface area contributed by atoms with Crippen molar-refractivity contribution in [2.24, 2.45) is 5.41 Å². The maximum atomic E-state index is 12.0. The van der Waals surface area contributed by atoms with Crippen LogP contribution in [0, 0.1) is 5.41 Å². The van der Waals surface area contributed by atoms with Crippen molar-refractivity contribution in [3.63, 3.8) is 0 Å². The van der Waals surface area contributed by atoms with Gasteiger partial charge in [-0.2, -0.15) is 4.98 Å². The van der Waals surface area contributed by atoms with Crippen LogP contribution in [0.15, 0.2) is 4.79 Å². The lowest BCUT2D eigenvalue weighted by Crippen LogP contribution is -2.27. The molecule has 1 unspecified atom stereocenters. The smallest absolute Gasteiger partial charge is 0.258 e. The van der Waals surface area contributed by atoms with E-state index < -0.39 is 0 Å². The van der Waals surface area contributed by atoms with Gasteiger partial charge in [-0.15, -0.1) is 0 Å². The Labute approximate surface area is 114 Å². The molecule has 1 aromatic rings. The van der Waals surface area contributed by atoms with Gasteiger partial charge >= 0.3 is 0 Å². The molecule has 0 aliphatic rings. The van der Waals surface area contributed by atoms with Crippen LogP contribution < -0.4 is 5.56 Å². The van der Waals surface area contributed by atoms with Crippen LogP contribution in [0.25, 0.3) is 0 Å². The molecule has 5 nitrogen and oxygen atoms in total. The zero-order valence-electron chi connectivity index (χ0n) is 12.4. The average Bonchev–Trinajstić information content (AvgIpc) is 2.29. The summed E-state index contributed by atoms with van der Waals surface area (Å²) in [6.45, 7) is 10.4. The van der Waals surface area contributed by atoms with E-state index in [1.165, 1.54) is 0 Å². The lowest BCUT2D eigenvalue weighted by molar-refractivity contribution is -0.0196. The standard InChI is InChI=1S/C14H24N2O3/c1-6-8-9-12(17)15-11(16-13(9)18)10(19-7-2)14(3,4)5/h10H,6-8H2,1-5H3,(H2,15,16,17,18). The molecule has 0 radical (unpaired) electrons. The lowest BCUT2D eigenvalue weighted by Gasteiger charge is -2.29. The highest BCUT2D eigenvalue weighted by molar-refractivity contribution is 5.23. The van der Waals surface area contributed by atoms with Crippen molar-refractivity contribution in [2.45, 2.75) is 53.6 Å². The van der Waals surface area contributed by atoms with Gasteiger partial charge < -0.3 is 14.8 Å². The van der Waals surface area contributed by atoms with Crippen LogP contribution in [0.1, 0.15) is 58.5 Å². The van der Waals surface area contributed by atoms with Gasteiger partial charge in [-0.05, 0) is 18.8 Å². The van der Waals surface area contributed by atoms with E-state index >= 15 is 0 Å². The highest BCUT2D eigenvalue weighted by Crippen LogP contribution is 2.34. The summed E-state index contributed by atoms with van der Waals surface area (Å²) in [7, 11) is 0. The predicted octanol–water partition coefficient (Wildman–Crippen LogP) is 2.55. The molecular weight excluding hydrogens is 244 g/mol. The van der Waals surface area contributed by atoms with E-state index in [-0.39, 0.29) is 23.0 Å². The van der Waals surface area contributed by atoms with Gasteiger partial charge in [0.2, 0.25) is 5.88 Å². The second-order valence-corrected chi connectivity index (χ2v) is 5.70. The summed E-state index contributed by atoms with van der Waals surface area (Å²) >= 11 is 0. The highest BCUT2D eigenvalue weighted by Gasteiger charge is 2.30. The van der Waals surface area contributed by atoms with Crippen molar-refractivity contribution in [3.8, 4) is 5.88 Å². The van der Waals surface area contributed by atoms with E-state index in [9.17, 15) is 9.90 Å². The van der Waals surface area contributed by atoms with Crippen molar-refractivity contribution < 1.29 is 9.84 Å². The van der Waals surface area contributed by atoms with Gasteiger partial charge in [0, 0.05) is 6.61 Å². The summed E-state index contributed by atoms with van der Waals surface area (Å²) in [5, 5.41) is 9.90. The first-order valence-electron chi connectivity index (χ1n) is 6.74. The molecule has 0 spiro atoms. The minimum atomic E-state index is -0.355. The number of H-pyrrole nitrogens is 1. The summed E-state index contributed by atoms with van der Waals surface area (Å²) in [6, 6.07) is 0. The third-order valence-corrected chi connectivity index (χ3v) is 2.88. The van der Waals surface area contributed by atoms with E-state index in [1.807, 2.05) is 34.6 Å². The van der Waals surface area contributed by atoms with Crippen LogP contribution >= 0.6 is 0 Å². The normalized spacial score (nSPS) is 13.5. The molecule has 5 heteroatoms. The molecule has 1 atom stereocenters. The minimum absolute atomic E-state index is 0.186. The number of aromatic nitrogens is 2. The van der Waals surface area contributed by atoms with Gasteiger partial charge in [0.05, 0.1) is 5.56 Å². The summed E-state index contributed by atoms with van der Waals surface area (Å²) in [6.07, 6.45) is 0.946. The number of nitrogens with one attached hydrogen (secondary N) is 1. The van der Waals surface area contributed by atoms with Crippen LogP contribution in [-0.4, -0.2) is 21.7 Å². The van der Waals surface area contributed by atoms with E-state index in [0.29, 0.717) is 24.4 Å². The van der Waals surface area contributed by atoms with E-state index in [1.54, 1.807) is 0 Å². The lowest BCUT2D eigenvalue weighted by atomic mass is 9.88. The predicted molar refractivity (Wildman–Crippen MR) is 74.3 cm³/mol. The Morgan fingerprint density at radius 3 is 2.42 bits per heavy atom. The number of rotatable bonds is 5. The van der Waals surface area contributed by atoms with Crippen LogP contribution in [-0.2, 0) is 11.2 Å². The highest BCUT2D eigenvalue weighted by atomic mass is 16.5. The first-order valence-corrected chi connectivity index (χ1v) is 6.74. The molecule has 1 aromatic heterocycles. The van der Waals surface area contributed by atoms with Crippen molar-refractivity contribution in [3.05, 3.63) is 21.7 Å². The first kappa shape index (κ1) is 15.7. The molecule has 0 amide bonds. The Kier molecular flexibility index (Phi) is 5.11. The molecule has 1 heterocycles. The fourth-order valence-corrected chi connectivity index (χ4v) is 2.01. The van der Waals surface area contributed by atoms with E-state index in [0.717, 1.165) is 6.42 Å². The quantitative estimate of drug-likeness (QED) is 0.860. The Morgan fingerprint density at radius 2 is 2.00 bits per heavy atom. The molecule has 0 saturated carbocycles. The largest absolute Gasteiger partial charge is 0.493 e. The summed E-state index contributed by atoms with van der Waals surface area (Å²) in [4.78, 5) is 18.8. The molecule has 2 N–H and O–H groups in total. The fourth-order valence-electron chi connectivity index (χ4n) is 2.01. The Morgan fingerprint density at radius 1 is 1.37 bits per heavy atom. The maximum Gasteiger partial charge on any atom is 0.258 e. The van der Waals surface area contributed by atoms with Gasteiger partial charge in [-0.1, -0.05) is 34.1 Å². The Balaban J connectivity index is 3.23. The van der Waals surface area contributed by atoms with Crippen LogP contribution in [0.2, 0.25) is 0 Å². The van der Waals surface area contributed by atoms with Crippen LogP contribution in [0.3, 0.4) is 0 Å². The Bertz CT molecular complexity index is 475. The van der Waals surface area contributed by atoms with Crippen molar-refractivity contribution in [2.75, 3.05) is 6.61 Å². The monoisotopic (exact) mass is 268 g/mol. The molecule has 0 bridgehead atoms. The second kappa shape index (κ2) is 6.19. The SMILES string of the molecule is CCCc1c(O)nc(C(OCC)C(C)(C)C)[nH]c1=O. The number of aromatic hydroxyl groups is 1. The van der Waals surface area contributed by atoms with Gasteiger partial charge in [0.1, 0.15) is 11.9 Å². The summed E-state index contributed by atoms with van der Waals surface area (Å²) in [5.74, 6) is 0.200. The zero-order valence-corrected chi connectivity index (χ0v) is 12.4. The Hall–Kier alpha value is -1.36. The molecule has 19 heavy (non-hydrogen) atoms. The second-order valence-electron chi connectivity index (χ2n) is 5.70. The van der Waals surface area contributed by atoms with E-state index in [2.05, 4.69) is 9.97 Å². The van der Waals surface area contributed by atoms with Crippen LogP contribution in [0.5, 0.6) is 5.88 Å². The van der Waals surface area contributed by atoms with Crippen LogP contribution in [0.4, 0.5) is 0 Å².